The van der Waals surface area contributed by atoms with Gasteiger partial charge in [0.2, 0.25) is 0 Å². The third kappa shape index (κ3) is 7.22. The Morgan fingerprint density at radius 1 is 1.11 bits per heavy atom. The van der Waals surface area contributed by atoms with Gasteiger partial charge in [0.15, 0.2) is 0 Å². The summed E-state index contributed by atoms with van der Waals surface area (Å²) in [6.45, 7) is 13.3. The fourth-order valence-corrected chi connectivity index (χ4v) is 8.26. The first-order valence-corrected chi connectivity index (χ1v) is 24.3. The SMILES string of the molecule is Cc1c(OC2CCCCO2)c[c]([Sn]([CH3])([CH3])[CH3])c(OCOCC[Si](C)(C)C)c1C. The van der Waals surface area contributed by atoms with Gasteiger partial charge in [-0.05, 0) is 0 Å². The Morgan fingerprint density at radius 3 is 2.39 bits per heavy atom. The van der Waals surface area contributed by atoms with Crippen LogP contribution in [0.15, 0.2) is 6.07 Å². The van der Waals surface area contributed by atoms with Crippen molar-refractivity contribution in [3.8, 4) is 11.5 Å². The summed E-state index contributed by atoms with van der Waals surface area (Å²) in [5, 5.41) is 0. The molecule has 0 aromatic heterocycles. The van der Waals surface area contributed by atoms with E-state index in [0.717, 1.165) is 49.2 Å². The molecule has 1 fully saturated rings. The topological polar surface area (TPSA) is 36.9 Å². The second kappa shape index (κ2) is 10.2. The summed E-state index contributed by atoms with van der Waals surface area (Å²) in [5.74, 6) is 1.98. The second-order valence-electron chi connectivity index (χ2n) is 10.1. The molecule has 2 rings (SSSR count). The van der Waals surface area contributed by atoms with Gasteiger partial charge in [-0.15, -0.1) is 0 Å². The first kappa shape index (κ1) is 24.0. The van der Waals surface area contributed by atoms with E-state index >= 15 is 0 Å². The van der Waals surface area contributed by atoms with Gasteiger partial charge in [0, 0.05) is 0 Å². The zero-order valence-corrected chi connectivity index (χ0v) is 23.1. The van der Waals surface area contributed by atoms with E-state index in [-0.39, 0.29) is 6.29 Å². The van der Waals surface area contributed by atoms with Gasteiger partial charge >= 0.3 is 178 Å². The van der Waals surface area contributed by atoms with Crippen LogP contribution in [0.1, 0.15) is 30.4 Å². The van der Waals surface area contributed by atoms with Crippen molar-refractivity contribution < 1.29 is 18.9 Å². The van der Waals surface area contributed by atoms with Gasteiger partial charge in [-0.25, -0.2) is 0 Å². The van der Waals surface area contributed by atoms with Gasteiger partial charge < -0.3 is 0 Å². The van der Waals surface area contributed by atoms with Crippen molar-refractivity contribution >= 4 is 30.0 Å². The third-order valence-electron chi connectivity index (χ3n) is 5.28. The second-order valence-corrected chi connectivity index (χ2v) is 30.1. The van der Waals surface area contributed by atoms with E-state index in [2.05, 4.69) is 54.4 Å². The van der Waals surface area contributed by atoms with Gasteiger partial charge in [0.25, 0.3) is 0 Å². The molecule has 0 radical (unpaired) electrons. The summed E-state index contributed by atoms with van der Waals surface area (Å²) in [4.78, 5) is 7.25. The van der Waals surface area contributed by atoms with E-state index in [1.165, 1.54) is 15.6 Å². The molecule has 1 aromatic carbocycles. The Morgan fingerprint density at radius 2 is 1.82 bits per heavy atom. The predicted octanol–water partition coefficient (Wildman–Crippen LogP) is 5.45. The number of hydrogen-bond acceptors (Lipinski definition) is 4. The van der Waals surface area contributed by atoms with Crippen LogP contribution in [0.25, 0.3) is 0 Å². The van der Waals surface area contributed by atoms with Gasteiger partial charge in [-0.1, -0.05) is 0 Å². The molecule has 1 unspecified atom stereocenters. The van der Waals surface area contributed by atoms with Gasteiger partial charge in [-0.3, -0.25) is 0 Å². The number of hydrogen-bond donors (Lipinski definition) is 0. The molecule has 4 nitrogen and oxygen atoms in total. The van der Waals surface area contributed by atoms with E-state index < -0.39 is 26.5 Å². The fraction of sp³-hybridized carbons (Fsp3) is 0.727. The average Bonchev–Trinajstić information content (AvgIpc) is 2.59. The number of ether oxygens (including phenoxy) is 4. The van der Waals surface area contributed by atoms with E-state index in [1.54, 1.807) is 0 Å². The molecule has 0 saturated carbocycles. The standard InChI is InChI=1S/C19H31O4Si.3CH3.Sn/c1-15-16(2)18(23-19-8-6-7-11-21-19)10-9-17(15)22-14-20-12-13-24(3,4)5;;;;/h10,19H,6-8,11-14H2,1-5H3;3*1H3;. The molecule has 1 aromatic rings. The van der Waals surface area contributed by atoms with Crippen molar-refractivity contribution in [2.45, 2.75) is 79.9 Å². The summed E-state index contributed by atoms with van der Waals surface area (Å²) >= 11 is -2.42. The minimum atomic E-state index is -2.42. The molecule has 0 spiro atoms. The predicted molar refractivity (Wildman–Crippen MR) is 123 cm³/mol. The van der Waals surface area contributed by atoms with Crippen molar-refractivity contribution in [3.63, 3.8) is 0 Å². The van der Waals surface area contributed by atoms with Crippen molar-refractivity contribution in [1.29, 1.82) is 0 Å². The van der Waals surface area contributed by atoms with Gasteiger partial charge in [-0.2, -0.15) is 0 Å². The maximum absolute atomic E-state index is 6.27. The molecular weight excluding hydrogens is 475 g/mol. The average molecular weight is 515 g/mol. The zero-order chi connectivity index (χ0) is 20.9. The number of rotatable bonds is 9. The van der Waals surface area contributed by atoms with Crippen LogP contribution in [0, 0.1) is 13.8 Å². The first-order chi connectivity index (χ1) is 13.0. The maximum atomic E-state index is 6.27. The molecule has 1 heterocycles. The molecule has 0 amide bonds. The Balaban J connectivity index is 2.16. The molecule has 160 valence electrons. The quantitative estimate of drug-likeness (QED) is 0.249. The summed E-state index contributed by atoms with van der Waals surface area (Å²) in [5.41, 5.74) is 2.31. The van der Waals surface area contributed by atoms with Crippen LogP contribution >= 0.6 is 0 Å². The van der Waals surface area contributed by atoms with E-state index in [9.17, 15) is 0 Å². The molecule has 1 saturated heterocycles. The van der Waals surface area contributed by atoms with Crippen molar-refractivity contribution in [2.24, 2.45) is 0 Å². The summed E-state index contributed by atoms with van der Waals surface area (Å²) in [6, 6.07) is 3.39. The Kier molecular flexibility index (Phi) is 8.74. The van der Waals surface area contributed by atoms with Crippen molar-refractivity contribution in [3.05, 3.63) is 17.2 Å². The molecular formula is C22H40O4SiSn. The van der Waals surface area contributed by atoms with Crippen LogP contribution < -0.4 is 13.1 Å². The molecule has 0 bridgehead atoms. The third-order valence-corrected chi connectivity index (χ3v) is 12.7. The van der Waals surface area contributed by atoms with E-state index in [0.29, 0.717) is 6.79 Å². The van der Waals surface area contributed by atoms with E-state index in [4.69, 9.17) is 18.9 Å². The van der Waals surface area contributed by atoms with Crippen LogP contribution in [0.5, 0.6) is 11.5 Å². The Bertz CT molecular complexity index is 643. The number of benzene rings is 1. The summed E-state index contributed by atoms with van der Waals surface area (Å²) in [7, 11) is -1.07. The van der Waals surface area contributed by atoms with Crippen LogP contribution in [-0.4, -0.2) is 52.7 Å². The normalized spacial score (nSPS) is 18.2. The minimum absolute atomic E-state index is 0.119. The van der Waals surface area contributed by atoms with Crippen LogP contribution in [0.2, 0.25) is 40.5 Å². The summed E-state index contributed by atoms with van der Waals surface area (Å²) in [6.07, 6.45) is 3.15. The molecule has 28 heavy (non-hydrogen) atoms. The van der Waals surface area contributed by atoms with Crippen LogP contribution in [0.3, 0.4) is 0 Å². The van der Waals surface area contributed by atoms with E-state index in [1.807, 2.05) is 0 Å². The fourth-order valence-electron chi connectivity index (χ4n) is 3.21. The monoisotopic (exact) mass is 516 g/mol. The molecule has 6 heteroatoms. The van der Waals surface area contributed by atoms with Crippen LogP contribution in [-0.2, 0) is 9.47 Å². The Labute approximate surface area is 177 Å². The van der Waals surface area contributed by atoms with Gasteiger partial charge in [0.05, 0.1) is 0 Å². The molecule has 0 N–H and O–H groups in total. The van der Waals surface area contributed by atoms with Crippen LogP contribution in [0.4, 0.5) is 0 Å². The molecule has 1 atom stereocenters. The molecule has 0 aliphatic carbocycles. The molecule has 1 aliphatic rings. The first-order valence-electron chi connectivity index (χ1n) is 10.6. The zero-order valence-electron chi connectivity index (χ0n) is 19.2. The van der Waals surface area contributed by atoms with Gasteiger partial charge in [0.1, 0.15) is 0 Å². The molecule has 1 aliphatic heterocycles. The Hall–Kier alpha value is -0.244. The van der Waals surface area contributed by atoms with Crippen molar-refractivity contribution in [1.82, 2.24) is 0 Å². The summed E-state index contributed by atoms with van der Waals surface area (Å²) < 4.78 is 25.4. The van der Waals surface area contributed by atoms with Crippen molar-refractivity contribution in [2.75, 3.05) is 20.0 Å².